The molecule has 2 aromatic carbocycles. The van der Waals surface area contributed by atoms with Crippen LogP contribution in [0.4, 0.5) is 0 Å². The molecule has 0 aliphatic carbocycles. The summed E-state index contributed by atoms with van der Waals surface area (Å²) in [5, 5.41) is 0. The zero-order valence-electron chi connectivity index (χ0n) is 11.6. The number of hydrogen-bond acceptors (Lipinski definition) is 1. The van der Waals surface area contributed by atoms with Gasteiger partial charge in [-0.3, -0.25) is 4.79 Å². The SMILES string of the molecule is CCCCc1ccc(C=O)c(C)c1-c1ccccc1. The molecule has 1 nitrogen and oxygen atoms in total. The standard InChI is InChI=1S/C18H20O/c1-3-4-8-16-11-12-17(13-19)14(2)18(16)15-9-6-5-7-10-15/h5-7,9-13H,3-4,8H2,1-2H3. The van der Waals surface area contributed by atoms with Crippen LogP contribution in [0, 0.1) is 6.92 Å². The highest BCUT2D eigenvalue weighted by Crippen LogP contribution is 2.30. The summed E-state index contributed by atoms with van der Waals surface area (Å²) < 4.78 is 0. The predicted molar refractivity (Wildman–Crippen MR) is 80.6 cm³/mol. The zero-order valence-corrected chi connectivity index (χ0v) is 11.6. The lowest BCUT2D eigenvalue weighted by molar-refractivity contribution is 0.112. The van der Waals surface area contributed by atoms with Crippen molar-refractivity contribution in [2.75, 3.05) is 0 Å². The molecule has 0 spiro atoms. The van der Waals surface area contributed by atoms with Crippen LogP contribution in [0.3, 0.4) is 0 Å². The lowest BCUT2D eigenvalue weighted by atomic mass is 9.90. The second-order valence-electron chi connectivity index (χ2n) is 4.90. The molecule has 0 aromatic heterocycles. The topological polar surface area (TPSA) is 17.1 Å². The first-order valence-electron chi connectivity index (χ1n) is 6.91. The van der Waals surface area contributed by atoms with Gasteiger partial charge in [0.2, 0.25) is 0 Å². The van der Waals surface area contributed by atoms with Gasteiger partial charge in [-0.1, -0.05) is 55.8 Å². The molecule has 0 saturated carbocycles. The molecule has 0 fully saturated rings. The van der Waals surface area contributed by atoms with Crippen molar-refractivity contribution in [3.05, 3.63) is 59.2 Å². The number of unbranched alkanes of at least 4 members (excludes halogenated alkanes) is 1. The monoisotopic (exact) mass is 252 g/mol. The Hall–Kier alpha value is -1.89. The highest BCUT2D eigenvalue weighted by atomic mass is 16.1. The number of carbonyl (C=O) groups excluding carboxylic acids is 1. The van der Waals surface area contributed by atoms with Gasteiger partial charge in [0.25, 0.3) is 0 Å². The fourth-order valence-corrected chi connectivity index (χ4v) is 2.49. The number of aryl methyl sites for hydroxylation is 1. The first-order chi connectivity index (χ1) is 9.27. The van der Waals surface area contributed by atoms with Gasteiger partial charge in [-0.2, -0.15) is 0 Å². The summed E-state index contributed by atoms with van der Waals surface area (Å²) in [7, 11) is 0. The summed E-state index contributed by atoms with van der Waals surface area (Å²) in [6, 6.07) is 14.4. The second-order valence-corrected chi connectivity index (χ2v) is 4.90. The van der Waals surface area contributed by atoms with Crippen LogP contribution in [0.2, 0.25) is 0 Å². The Bertz CT molecular complexity index is 555. The Kier molecular flexibility index (Phi) is 4.51. The number of carbonyl (C=O) groups is 1. The van der Waals surface area contributed by atoms with Crippen LogP contribution < -0.4 is 0 Å². The Morgan fingerprint density at radius 1 is 1.05 bits per heavy atom. The molecule has 19 heavy (non-hydrogen) atoms. The van der Waals surface area contributed by atoms with Crippen molar-refractivity contribution in [3.8, 4) is 11.1 Å². The van der Waals surface area contributed by atoms with Crippen molar-refractivity contribution in [1.29, 1.82) is 0 Å². The number of hydrogen-bond donors (Lipinski definition) is 0. The molecule has 0 heterocycles. The van der Waals surface area contributed by atoms with E-state index in [4.69, 9.17) is 0 Å². The van der Waals surface area contributed by atoms with Crippen molar-refractivity contribution in [2.45, 2.75) is 33.1 Å². The van der Waals surface area contributed by atoms with E-state index in [9.17, 15) is 4.79 Å². The van der Waals surface area contributed by atoms with Gasteiger partial charge >= 0.3 is 0 Å². The average Bonchev–Trinajstić information content (AvgIpc) is 2.46. The highest BCUT2D eigenvalue weighted by Gasteiger charge is 2.11. The van der Waals surface area contributed by atoms with Crippen LogP contribution in [0.15, 0.2) is 42.5 Å². The average molecular weight is 252 g/mol. The third-order valence-corrected chi connectivity index (χ3v) is 3.58. The van der Waals surface area contributed by atoms with Gasteiger partial charge in [0, 0.05) is 5.56 Å². The van der Waals surface area contributed by atoms with Crippen LogP contribution >= 0.6 is 0 Å². The van der Waals surface area contributed by atoms with Crippen molar-refractivity contribution in [3.63, 3.8) is 0 Å². The molecule has 0 saturated heterocycles. The Morgan fingerprint density at radius 3 is 2.42 bits per heavy atom. The Labute approximate surface area is 115 Å². The minimum absolute atomic E-state index is 0.791. The third-order valence-electron chi connectivity index (χ3n) is 3.58. The van der Waals surface area contributed by atoms with E-state index in [0.717, 1.165) is 23.8 Å². The van der Waals surface area contributed by atoms with Crippen molar-refractivity contribution >= 4 is 6.29 Å². The molecule has 2 aromatic rings. The molecule has 98 valence electrons. The quantitative estimate of drug-likeness (QED) is 0.697. The summed E-state index contributed by atoms with van der Waals surface area (Å²) in [5.41, 5.74) is 5.67. The van der Waals surface area contributed by atoms with E-state index in [1.807, 2.05) is 31.2 Å². The molecule has 2 rings (SSSR count). The zero-order chi connectivity index (χ0) is 13.7. The van der Waals surface area contributed by atoms with E-state index >= 15 is 0 Å². The van der Waals surface area contributed by atoms with E-state index in [1.165, 1.54) is 29.5 Å². The summed E-state index contributed by atoms with van der Waals surface area (Å²) >= 11 is 0. The number of rotatable bonds is 5. The molecule has 0 bridgehead atoms. The van der Waals surface area contributed by atoms with Gasteiger partial charge in [0.1, 0.15) is 6.29 Å². The van der Waals surface area contributed by atoms with Gasteiger partial charge < -0.3 is 0 Å². The lowest BCUT2D eigenvalue weighted by Gasteiger charge is -2.14. The molecule has 0 N–H and O–H groups in total. The minimum Gasteiger partial charge on any atom is -0.298 e. The molecule has 0 aliphatic rings. The van der Waals surface area contributed by atoms with Gasteiger partial charge in [0.15, 0.2) is 0 Å². The van der Waals surface area contributed by atoms with E-state index < -0.39 is 0 Å². The maximum absolute atomic E-state index is 11.1. The van der Waals surface area contributed by atoms with Crippen molar-refractivity contribution < 1.29 is 4.79 Å². The highest BCUT2D eigenvalue weighted by molar-refractivity contribution is 5.84. The number of benzene rings is 2. The van der Waals surface area contributed by atoms with E-state index in [1.54, 1.807) is 0 Å². The minimum atomic E-state index is 0.791. The van der Waals surface area contributed by atoms with Crippen LogP contribution in [0.5, 0.6) is 0 Å². The molecule has 0 radical (unpaired) electrons. The summed E-state index contributed by atoms with van der Waals surface area (Å²) in [6.07, 6.45) is 4.38. The number of aldehydes is 1. The molecule has 1 heteroatoms. The molecule has 0 unspecified atom stereocenters. The molecular formula is C18H20O. The van der Waals surface area contributed by atoms with Crippen molar-refractivity contribution in [2.24, 2.45) is 0 Å². The van der Waals surface area contributed by atoms with E-state index in [2.05, 4.69) is 25.1 Å². The second kappa shape index (κ2) is 6.33. The van der Waals surface area contributed by atoms with E-state index in [0.29, 0.717) is 0 Å². The summed E-state index contributed by atoms with van der Waals surface area (Å²) in [4.78, 5) is 11.1. The fraction of sp³-hybridized carbons (Fsp3) is 0.278. The lowest BCUT2D eigenvalue weighted by Crippen LogP contribution is -1.97. The first-order valence-corrected chi connectivity index (χ1v) is 6.91. The fourth-order valence-electron chi connectivity index (χ4n) is 2.49. The van der Waals surface area contributed by atoms with Crippen LogP contribution in [-0.4, -0.2) is 6.29 Å². The van der Waals surface area contributed by atoms with Gasteiger partial charge in [-0.25, -0.2) is 0 Å². The first kappa shape index (κ1) is 13.5. The molecule has 0 atom stereocenters. The third kappa shape index (κ3) is 2.93. The Morgan fingerprint density at radius 2 is 1.79 bits per heavy atom. The summed E-state index contributed by atoms with van der Waals surface area (Å²) in [6.45, 7) is 4.25. The maximum atomic E-state index is 11.1. The van der Waals surface area contributed by atoms with Gasteiger partial charge in [-0.05, 0) is 42.0 Å². The van der Waals surface area contributed by atoms with Crippen LogP contribution in [0.1, 0.15) is 41.3 Å². The van der Waals surface area contributed by atoms with Gasteiger partial charge in [0.05, 0.1) is 0 Å². The van der Waals surface area contributed by atoms with Crippen LogP contribution in [0.25, 0.3) is 11.1 Å². The maximum Gasteiger partial charge on any atom is 0.150 e. The molecule has 0 aliphatic heterocycles. The van der Waals surface area contributed by atoms with Crippen molar-refractivity contribution in [1.82, 2.24) is 0 Å². The van der Waals surface area contributed by atoms with Gasteiger partial charge in [-0.15, -0.1) is 0 Å². The van der Waals surface area contributed by atoms with Crippen LogP contribution in [-0.2, 0) is 6.42 Å². The predicted octanol–water partition coefficient (Wildman–Crippen LogP) is 4.82. The molecular weight excluding hydrogens is 232 g/mol. The van der Waals surface area contributed by atoms with E-state index in [-0.39, 0.29) is 0 Å². The smallest absolute Gasteiger partial charge is 0.150 e. The summed E-state index contributed by atoms with van der Waals surface area (Å²) in [5.74, 6) is 0. The molecule has 0 amide bonds. The largest absolute Gasteiger partial charge is 0.298 e. The normalized spacial score (nSPS) is 10.4. The Balaban J connectivity index is 2.56.